The van der Waals surface area contributed by atoms with Gasteiger partial charge in [-0.15, -0.1) is 0 Å². The van der Waals surface area contributed by atoms with Crippen molar-refractivity contribution in [1.82, 2.24) is 15.3 Å². The van der Waals surface area contributed by atoms with Gasteiger partial charge in [-0.2, -0.15) is 0 Å². The van der Waals surface area contributed by atoms with Crippen LogP contribution in [0.1, 0.15) is 15.9 Å². The van der Waals surface area contributed by atoms with Gasteiger partial charge in [-0.05, 0) is 24.0 Å². The number of carbonyl (C=O) groups is 1. The highest BCUT2D eigenvalue weighted by atomic mass is 35.5. The number of hydrogen-bond donors (Lipinski definition) is 2. The number of nitrogens with zero attached hydrogens (tertiary/aromatic N) is 2. The summed E-state index contributed by atoms with van der Waals surface area (Å²) in [5.74, 6) is 0.0519. The number of rotatable bonds is 6. The Labute approximate surface area is 161 Å². The molecule has 1 amide bonds. The van der Waals surface area contributed by atoms with E-state index in [4.69, 9.17) is 11.6 Å². The third-order valence-corrected chi connectivity index (χ3v) is 4.41. The van der Waals surface area contributed by atoms with Crippen LogP contribution >= 0.6 is 23.4 Å². The van der Waals surface area contributed by atoms with Crippen molar-refractivity contribution in [3.63, 3.8) is 0 Å². The zero-order valence-electron chi connectivity index (χ0n) is 14.1. The highest BCUT2D eigenvalue weighted by Gasteiger charge is 2.20. The fourth-order valence-electron chi connectivity index (χ4n) is 2.32. The van der Waals surface area contributed by atoms with Gasteiger partial charge in [-0.3, -0.25) is 4.79 Å². The minimum absolute atomic E-state index is 0.119. The Morgan fingerprint density at radius 3 is 2.35 bits per heavy atom. The van der Waals surface area contributed by atoms with Crippen LogP contribution in [-0.2, 0) is 6.54 Å². The van der Waals surface area contributed by atoms with Crippen LogP contribution in [0.3, 0.4) is 0 Å². The molecule has 132 valence electrons. The summed E-state index contributed by atoms with van der Waals surface area (Å²) in [5, 5.41) is 6.64. The maximum atomic E-state index is 12.7. The number of carbonyl (C=O) groups excluding carboxylic acids is 1. The lowest BCUT2D eigenvalue weighted by molar-refractivity contribution is 0.0951. The number of aromatic nitrogens is 2. The van der Waals surface area contributed by atoms with E-state index < -0.39 is 0 Å². The average Bonchev–Trinajstić information content (AvgIpc) is 2.67. The van der Waals surface area contributed by atoms with Gasteiger partial charge >= 0.3 is 0 Å². The van der Waals surface area contributed by atoms with E-state index in [0.29, 0.717) is 17.5 Å². The molecule has 0 atom stereocenters. The molecule has 5 nitrogen and oxygen atoms in total. The molecule has 1 aromatic heterocycles. The number of hydrogen-bond acceptors (Lipinski definition) is 5. The molecule has 0 radical (unpaired) electrons. The Kier molecular flexibility index (Phi) is 6.09. The Morgan fingerprint density at radius 2 is 1.69 bits per heavy atom. The molecule has 1 heterocycles. The zero-order valence-corrected chi connectivity index (χ0v) is 15.6. The van der Waals surface area contributed by atoms with E-state index in [2.05, 4.69) is 20.6 Å². The topological polar surface area (TPSA) is 66.9 Å². The van der Waals surface area contributed by atoms with Crippen LogP contribution in [0, 0.1) is 0 Å². The lowest BCUT2D eigenvalue weighted by atomic mass is 10.2. The minimum Gasteiger partial charge on any atom is -0.348 e. The molecule has 26 heavy (non-hydrogen) atoms. The van der Waals surface area contributed by atoms with Crippen LogP contribution in [-0.4, -0.2) is 22.1 Å². The van der Waals surface area contributed by atoms with E-state index in [1.807, 2.05) is 66.9 Å². The summed E-state index contributed by atoms with van der Waals surface area (Å²) >= 11 is 7.65. The molecule has 3 rings (SSSR count). The van der Waals surface area contributed by atoms with Gasteiger partial charge in [0, 0.05) is 12.2 Å². The van der Waals surface area contributed by atoms with Crippen LogP contribution in [0.2, 0.25) is 5.15 Å². The van der Waals surface area contributed by atoms with Crippen molar-refractivity contribution in [3.8, 4) is 0 Å². The number of para-hydroxylation sites is 1. The molecule has 0 unspecified atom stereocenters. The van der Waals surface area contributed by atoms with E-state index in [9.17, 15) is 4.79 Å². The van der Waals surface area contributed by atoms with Crippen LogP contribution in [0.5, 0.6) is 0 Å². The van der Waals surface area contributed by atoms with E-state index in [1.54, 1.807) is 0 Å². The van der Waals surface area contributed by atoms with E-state index in [0.717, 1.165) is 11.3 Å². The first-order valence-electron chi connectivity index (χ1n) is 7.93. The van der Waals surface area contributed by atoms with Gasteiger partial charge in [0.2, 0.25) is 0 Å². The van der Waals surface area contributed by atoms with E-state index in [-0.39, 0.29) is 16.6 Å². The fourth-order valence-corrected chi connectivity index (χ4v) is 2.99. The lowest BCUT2D eigenvalue weighted by Crippen LogP contribution is -2.25. The average molecular weight is 385 g/mol. The molecule has 3 aromatic rings. The van der Waals surface area contributed by atoms with Gasteiger partial charge in [0.1, 0.15) is 16.5 Å². The molecule has 0 spiro atoms. The maximum Gasteiger partial charge on any atom is 0.258 e. The molecule has 7 heteroatoms. The van der Waals surface area contributed by atoms with Crippen molar-refractivity contribution in [2.24, 2.45) is 0 Å². The summed E-state index contributed by atoms with van der Waals surface area (Å²) in [4.78, 5) is 21.3. The summed E-state index contributed by atoms with van der Waals surface area (Å²) < 4.78 is 0. The van der Waals surface area contributed by atoms with Crippen LogP contribution in [0.25, 0.3) is 0 Å². The molecule has 0 aliphatic carbocycles. The summed E-state index contributed by atoms with van der Waals surface area (Å²) in [5.41, 5.74) is 2.03. The summed E-state index contributed by atoms with van der Waals surface area (Å²) in [7, 11) is 0. The number of anilines is 2. The number of thioether (sulfide) groups is 1. The quantitative estimate of drug-likeness (QED) is 0.371. The molecule has 0 aliphatic heterocycles. The smallest absolute Gasteiger partial charge is 0.258 e. The maximum absolute atomic E-state index is 12.7. The van der Waals surface area contributed by atoms with Gasteiger partial charge < -0.3 is 10.6 Å². The normalized spacial score (nSPS) is 10.4. The summed E-state index contributed by atoms with van der Waals surface area (Å²) in [6.45, 7) is 0.394. The Hall–Kier alpha value is -2.57. The van der Waals surface area contributed by atoms with Crippen molar-refractivity contribution < 1.29 is 4.79 Å². The predicted octanol–water partition coefficient (Wildman–Crippen LogP) is 4.53. The Morgan fingerprint density at radius 1 is 1.04 bits per heavy atom. The highest BCUT2D eigenvalue weighted by Crippen LogP contribution is 2.27. The highest BCUT2D eigenvalue weighted by molar-refractivity contribution is 7.98. The SMILES string of the molecule is CSc1nc(Cl)c(C(=O)NCc2ccccc2)c(Nc2ccccc2)n1. The zero-order chi connectivity index (χ0) is 18.4. The molecule has 0 aliphatic rings. The predicted molar refractivity (Wildman–Crippen MR) is 106 cm³/mol. The Balaban J connectivity index is 1.87. The molecule has 2 aromatic carbocycles. The molecule has 0 fully saturated rings. The second-order valence-corrected chi connectivity index (χ2v) is 6.52. The molecule has 0 bridgehead atoms. The number of benzene rings is 2. The Bertz CT molecular complexity index is 891. The first-order valence-corrected chi connectivity index (χ1v) is 9.53. The fraction of sp³-hybridized carbons (Fsp3) is 0.105. The molecule has 0 saturated carbocycles. The number of amides is 1. The molecular weight excluding hydrogens is 368 g/mol. The van der Waals surface area contributed by atoms with Crippen molar-refractivity contribution in [2.45, 2.75) is 11.7 Å². The third-order valence-electron chi connectivity index (χ3n) is 3.59. The second-order valence-electron chi connectivity index (χ2n) is 5.38. The molecular formula is C19H17ClN4OS. The summed E-state index contributed by atoms with van der Waals surface area (Å²) in [6.07, 6.45) is 1.85. The second kappa shape index (κ2) is 8.69. The van der Waals surface area contributed by atoms with Crippen molar-refractivity contribution in [1.29, 1.82) is 0 Å². The minimum atomic E-state index is -0.329. The van der Waals surface area contributed by atoms with Crippen molar-refractivity contribution in [3.05, 3.63) is 76.9 Å². The van der Waals surface area contributed by atoms with Gasteiger partial charge in [0.15, 0.2) is 5.16 Å². The van der Waals surface area contributed by atoms with Gasteiger partial charge in [0.25, 0.3) is 5.91 Å². The largest absolute Gasteiger partial charge is 0.348 e. The molecule has 2 N–H and O–H groups in total. The van der Waals surface area contributed by atoms with Gasteiger partial charge in [-0.25, -0.2) is 9.97 Å². The standard InChI is InChI=1S/C19H17ClN4OS/c1-26-19-23-16(20)15(17(24-19)22-14-10-6-3-7-11-14)18(25)21-12-13-8-4-2-5-9-13/h2-11H,12H2,1H3,(H,21,25)(H,22,23,24). The van der Waals surface area contributed by atoms with Gasteiger partial charge in [-0.1, -0.05) is 71.9 Å². The van der Waals surface area contributed by atoms with Crippen molar-refractivity contribution in [2.75, 3.05) is 11.6 Å². The molecule has 0 saturated heterocycles. The van der Waals surface area contributed by atoms with Crippen LogP contribution < -0.4 is 10.6 Å². The van der Waals surface area contributed by atoms with E-state index in [1.165, 1.54) is 11.8 Å². The van der Waals surface area contributed by atoms with Crippen LogP contribution in [0.15, 0.2) is 65.8 Å². The monoisotopic (exact) mass is 384 g/mol. The first kappa shape index (κ1) is 18.2. The van der Waals surface area contributed by atoms with Crippen molar-refractivity contribution >= 4 is 40.8 Å². The van der Waals surface area contributed by atoms with E-state index >= 15 is 0 Å². The number of halogens is 1. The van der Waals surface area contributed by atoms with Gasteiger partial charge in [0.05, 0.1) is 0 Å². The summed E-state index contributed by atoms with van der Waals surface area (Å²) in [6, 6.07) is 19.2. The van der Waals surface area contributed by atoms with Crippen LogP contribution in [0.4, 0.5) is 11.5 Å². The third kappa shape index (κ3) is 4.53. The first-order chi connectivity index (χ1) is 12.7. The number of nitrogens with one attached hydrogen (secondary N) is 2. The lowest BCUT2D eigenvalue weighted by Gasteiger charge is -2.13.